The molecule has 0 spiro atoms. The van der Waals surface area contributed by atoms with Gasteiger partial charge in [0.25, 0.3) is 0 Å². The fraction of sp³-hybridized carbons (Fsp3) is 0.571. The Kier molecular flexibility index (Phi) is 6.08. The van der Waals surface area contributed by atoms with E-state index in [0.29, 0.717) is 0 Å². The van der Waals surface area contributed by atoms with Crippen molar-refractivity contribution in [3.05, 3.63) is 41.1 Å². The van der Waals surface area contributed by atoms with Crippen molar-refractivity contribution < 1.29 is 4.74 Å². The first kappa shape index (κ1) is 18.6. The van der Waals surface area contributed by atoms with E-state index in [4.69, 9.17) is 4.74 Å². The fourth-order valence-electron chi connectivity index (χ4n) is 3.24. The summed E-state index contributed by atoms with van der Waals surface area (Å²) < 4.78 is 5.81. The first-order valence-electron chi connectivity index (χ1n) is 8.38. The second kappa shape index (κ2) is 7.20. The van der Waals surface area contributed by atoms with Gasteiger partial charge < -0.3 is 4.74 Å². The van der Waals surface area contributed by atoms with Gasteiger partial charge in [-0.25, -0.2) is 0 Å². The zero-order valence-corrected chi connectivity index (χ0v) is 15.5. The van der Waals surface area contributed by atoms with Gasteiger partial charge in [0.15, 0.2) is 0 Å². The number of benzene rings is 1. The summed E-state index contributed by atoms with van der Waals surface area (Å²) in [4.78, 5) is 0. The molecular weight excluding hydrogens is 268 g/mol. The zero-order valence-electron chi connectivity index (χ0n) is 15.5. The minimum Gasteiger partial charge on any atom is -0.496 e. The zero-order chi connectivity index (χ0) is 17.0. The minimum atomic E-state index is 0.103. The van der Waals surface area contributed by atoms with Crippen LogP contribution in [-0.2, 0) is 10.8 Å². The molecule has 1 nitrogen and oxygen atoms in total. The summed E-state index contributed by atoms with van der Waals surface area (Å²) in [7, 11) is 1.77. The molecule has 0 radical (unpaired) electrons. The molecule has 22 heavy (non-hydrogen) atoms. The van der Waals surface area contributed by atoms with Crippen molar-refractivity contribution >= 4 is 6.08 Å². The lowest BCUT2D eigenvalue weighted by molar-refractivity contribution is 0.344. The summed E-state index contributed by atoms with van der Waals surface area (Å²) in [5.74, 6) is 0.981. The summed E-state index contributed by atoms with van der Waals surface area (Å²) in [5, 5.41) is 0. The predicted octanol–water partition coefficient (Wildman–Crippen LogP) is 6.26. The van der Waals surface area contributed by atoms with Crippen molar-refractivity contribution in [2.24, 2.45) is 0 Å². The van der Waals surface area contributed by atoms with Crippen LogP contribution in [0.1, 0.15) is 77.5 Å². The maximum absolute atomic E-state index is 5.81. The molecule has 0 aliphatic rings. The topological polar surface area (TPSA) is 9.23 Å². The molecule has 0 saturated heterocycles. The quantitative estimate of drug-likeness (QED) is 0.563. The van der Waals surface area contributed by atoms with Gasteiger partial charge in [0.05, 0.1) is 7.11 Å². The van der Waals surface area contributed by atoms with Gasteiger partial charge >= 0.3 is 0 Å². The first-order valence-corrected chi connectivity index (χ1v) is 8.38. The average Bonchev–Trinajstić information content (AvgIpc) is 2.48. The second-order valence-corrected chi connectivity index (χ2v) is 7.09. The van der Waals surface area contributed by atoms with Gasteiger partial charge in [0.2, 0.25) is 0 Å². The Morgan fingerprint density at radius 1 is 1.09 bits per heavy atom. The van der Waals surface area contributed by atoms with Crippen LogP contribution in [0.3, 0.4) is 0 Å². The lowest BCUT2D eigenvalue weighted by Crippen LogP contribution is -2.25. The maximum Gasteiger partial charge on any atom is 0.130 e. The number of rotatable bonds is 6. The number of methoxy groups -OCH3 is 1. The monoisotopic (exact) mass is 300 g/mol. The summed E-state index contributed by atoms with van der Waals surface area (Å²) in [6.45, 7) is 17.3. The Balaban J connectivity index is 3.80. The van der Waals surface area contributed by atoms with E-state index in [2.05, 4.69) is 66.0 Å². The van der Waals surface area contributed by atoms with Crippen molar-refractivity contribution in [3.63, 3.8) is 0 Å². The molecule has 0 fully saturated rings. The molecule has 0 amide bonds. The van der Waals surface area contributed by atoms with Crippen LogP contribution in [0.15, 0.2) is 24.4 Å². The Morgan fingerprint density at radius 2 is 1.64 bits per heavy atom. The summed E-state index contributed by atoms with van der Waals surface area (Å²) in [6.07, 6.45) is 5.27. The minimum absolute atomic E-state index is 0.103. The van der Waals surface area contributed by atoms with E-state index < -0.39 is 0 Å². The molecule has 0 unspecified atom stereocenters. The highest BCUT2D eigenvalue weighted by Crippen LogP contribution is 2.44. The molecule has 0 atom stereocenters. The third-order valence-corrected chi connectivity index (χ3v) is 5.05. The Bertz CT molecular complexity index is 542. The third-order valence-electron chi connectivity index (χ3n) is 5.05. The highest BCUT2D eigenvalue weighted by Gasteiger charge is 2.32. The van der Waals surface area contributed by atoms with Crippen LogP contribution in [0.4, 0.5) is 0 Å². The van der Waals surface area contributed by atoms with E-state index in [1.807, 2.05) is 6.08 Å². The van der Waals surface area contributed by atoms with Crippen LogP contribution in [0, 0.1) is 0 Å². The van der Waals surface area contributed by atoms with Crippen LogP contribution < -0.4 is 4.74 Å². The lowest BCUT2D eigenvalue weighted by Gasteiger charge is -2.35. The summed E-state index contributed by atoms with van der Waals surface area (Å²) in [5.41, 5.74) is 6.93. The van der Waals surface area contributed by atoms with Crippen molar-refractivity contribution in [3.8, 4) is 5.75 Å². The van der Waals surface area contributed by atoms with E-state index in [1.165, 1.54) is 11.1 Å². The molecule has 0 aliphatic heterocycles. The van der Waals surface area contributed by atoms with E-state index in [1.54, 1.807) is 7.11 Å². The lowest BCUT2D eigenvalue weighted by atomic mass is 9.71. The maximum atomic E-state index is 5.81. The Morgan fingerprint density at radius 3 is 2.00 bits per heavy atom. The Labute approximate surface area is 137 Å². The molecule has 1 aromatic carbocycles. The van der Waals surface area contributed by atoms with Crippen LogP contribution in [-0.4, -0.2) is 7.11 Å². The first-order chi connectivity index (χ1) is 10.3. The Hall–Kier alpha value is -1.46. The van der Waals surface area contributed by atoms with Crippen molar-refractivity contribution in [2.75, 3.05) is 7.11 Å². The van der Waals surface area contributed by atoms with Crippen LogP contribution in [0.5, 0.6) is 5.75 Å². The van der Waals surface area contributed by atoms with E-state index in [0.717, 1.165) is 30.6 Å². The molecule has 0 bridgehead atoms. The molecular formula is C21H32O. The normalized spacial score (nSPS) is 12.0. The number of hydrogen-bond donors (Lipinski definition) is 0. The summed E-state index contributed by atoms with van der Waals surface area (Å²) >= 11 is 0. The molecule has 122 valence electrons. The third kappa shape index (κ3) is 3.47. The van der Waals surface area contributed by atoms with Crippen LogP contribution in [0.25, 0.3) is 6.08 Å². The van der Waals surface area contributed by atoms with Gasteiger partial charge in [-0.3, -0.25) is 0 Å². The van der Waals surface area contributed by atoms with Gasteiger partial charge in [-0.05, 0) is 47.8 Å². The van der Waals surface area contributed by atoms with Gasteiger partial charge in [-0.15, -0.1) is 5.73 Å². The van der Waals surface area contributed by atoms with Crippen LogP contribution >= 0.6 is 0 Å². The SMILES string of the molecule is C=C=Cc1cc(C(C)(C)C)cc(C(CC)(CC)CC)c1OC. The predicted molar refractivity (Wildman–Crippen MR) is 97.8 cm³/mol. The average molecular weight is 300 g/mol. The second-order valence-electron chi connectivity index (χ2n) is 7.09. The van der Waals surface area contributed by atoms with E-state index in [-0.39, 0.29) is 10.8 Å². The van der Waals surface area contributed by atoms with Gasteiger partial charge in [0.1, 0.15) is 5.75 Å². The largest absolute Gasteiger partial charge is 0.496 e. The van der Waals surface area contributed by atoms with E-state index in [9.17, 15) is 0 Å². The number of hydrogen-bond acceptors (Lipinski definition) is 1. The van der Waals surface area contributed by atoms with Crippen LogP contribution in [0.2, 0.25) is 0 Å². The molecule has 1 heteroatoms. The van der Waals surface area contributed by atoms with Crippen molar-refractivity contribution in [2.45, 2.75) is 71.6 Å². The molecule has 1 aromatic rings. The highest BCUT2D eigenvalue weighted by atomic mass is 16.5. The summed E-state index contributed by atoms with van der Waals surface area (Å²) in [6, 6.07) is 4.57. The molecule has 0 aromatic heterocycles. The fourth-order valence-corrected chi connectivity index (χ4v) is 3.24. The highest BCUT2D eigenvalue weighted by molar-refractivity contribution is 5.63. The van der Waals surface area contributed by atoms with Gasteiger partial charge in [-0.2, -0.15) is 0 Å². The van der Waals surface area contributed by atoms with Gasteiger partial charge in [-0.1, -0.05) is 54.2 Å². The van der Waals surface area contributed by atoms with Crippen molar-refractivity contribution in [1.82, 2.24) is 0 Å². The molecule has 0 saturated carbocycles. The van der Waals surface area contributed by atoms with E-state index >= 15 is 0 Å². The molecule has 0 heterocycles. The van der Waals surface area contributed by atoms with Crippen molar-refractivity contribution in [1.29, 1.82) is 0 Å². The number of ether oxygens (including phenoxy) is 1. The standard InChI is InChI=1S/C21H32O/c1-9-13-16-14-17(20(5,6)7)15-18(19(16)22-8)21(10-2,11-3)12-4/h13-15H,1,10-12H2,2-8H3. The van der Waals surface area contributed by atoms with Gasteiger partial charge in [0, 0.05) is 11.1 Å². The smallest absolute Gasteiger partial charge is 0.130 e. The molecule has 1 rings (SSSR count). The molecule has 0 N–H and O–H groups in total. The molecule has 0 aliphatic carbocycles.